The SMILES string of the molecule is Cc1ccc(C(=O)NCCc2ccc(Cl)cc2Cl)cc1Br. The van der Waals surface area contributed by atoms with Gasteiger partial charge in [-0.15, -0.1) is 0 Å². The molecule has 2 rings (SSSR count). The molecule has 5 heteroatoms. The molecule has 0 atom stereocenters. The van der Waals surface area contributed by atoms with E-state index in [0.29, 0.717) is 28.6 Å². The molecule has 0 unspecified atom stereocenters. The van der Waals surface area contributed by atoms with E-state index in [2.05, 4.69) is 21.2 Å². The Morgan fingerprint density at radius 1 is 1.19 bits per heavy atom. The smallest absolute Gasteiger partial charge is 0.251 e. The van der Waals surface area contributed by atoms with Crippen molar-refractivity contribution >= 4 is 45.0 Å². The van der Waals surface area contributed by atoms with Crippen LogP contribution < -0.4 is 5.32 Å². The van der Waals surface area contributed by atoms with Crippen molar-refractivity contribution in [3.63, 3.8) is 0 Å². The second-order valence-corrected chi connectivity index (χ2v) is 6.40. The van der Waals surface area contributed by atoms with Gasteiger partial charge < -0.3 is 5.32 Å². The summed E-state index contributed by atoms with van der Waals surface area (Å²) in [6.45, 7) is 2.50. The fourth-order valence-electron chi connectivity index (χ4n) is 1.87. The van der Waals surface area contributed by atoms with Crippen molar-refractivity contribution in [1.82, 2.24) is 5.32 Å². The zero-order valence-corrected chi connectivity index (χ0v) is 14.5. The zero-order valence-electron chi connectivity index (χ0n) is 11.4. The quantitative estimate of drug-likeness (QED) is 0.783. The number of carbonyl (C=O) groups is 1. The van der Waals surface area contributed by atoms with E-state index in [1.165, 1.54) is 0 Å². The molecule has 21 heavy (non-hydrogen) atoms. The minimum absolute atomic E-state index is 0.0965. The maximum Gasteiger partial charge on any atom is 0.251 e. The van der Waals surface area contributed by atoms with Gasteiger partial charge in [-0.25, -0.2) is 0 Å². The Kier molecular flexibility index (Phi) is 5.68. The molecule has 2 aromatic carbocycles. The Labute approximate surface area is 142 Å². The molecule has 0 radical (unpaired) electrons. The molecule has 1 N–H and O–H groups in total. The standard InChI is InChI=1S/C16H14BrCl2NO/c1-10-2-3-12(8-14(10)17)16(21)20-7-6-11-4-5-13(18)9-15(11)19/h2-5,8-9H,6-7H2,1H3,(H,20,21). The van der Waals surface area contributed by atoms with Crippen LogP contribution in [0.25, 0.3) is 0 Å². The van der Waals surface area contributed by atoms with Crippen molar-refractivity contribution < 1.29 is 4.79 Å². The third kappa shape index (κ3) is 4.47. The summed E-state index contributed by atoms with van der Waals surface area (Å²) >= 11 is 15.4. The second kappa shape index (κ2) is 7.30. The first-order valence-electron chi connectivity index (χ1n) is 6.45. The van der Waals surface area contributed by atoms with Crippen molar-refractivity contribution in [3.8, 4) is 0 Å². The lowest BCUT2D eigenvalue weighted by atomic mass is 10.1. The van der Waals surface area contributed by atoms with E-state index in [9.17, 15) is 4.79 Å². The molecular formula is C16H14BrCl2NO. The summed E-state index contributed by atoms with van der Waals surface area (Å²) in [5, 5.41) is 4.11. The third-order valence-electron chi connectivity index (χ3n) is 3.13. The first kappa shape index (κ1) is 16.3. The monoisotopic (exact) mass is 385 g/mol. The predicted octanol–water partition coefficient (Wildman–Crippen LogP) is 5.04. The molecule has 1 amide bonds. The van der Waals surface area contributed by atoms with Gasteiger partial charge in [0, 0.05) is 26.6 Å². The van der Waals surface area contributed by atoms with Crippen molar-refractivity contribution in [3.05, 3.63) is 67.6 Å². The predicted molar refractivity (Wildman–Crippen MR) is 91.4 cm³/mol. The van der Waals surface area contributed by atoms with Gasteiger partial charge in [-0.05, 0) is 48.7 Å². The highest BCUT2D eigenvalue weighted by atomic mass is 79.9. The maximum absolute atomic E-state index is 12.1. The number of hydrogen-bond acceptors (Lipinski definition) is 1. The van der Waals surface area contributed by atoms with Crippen molar-refractivity contribution in [2.24, 2.45) is 0 Å². The van der Waals surface area contributed by atoms with E-state index in [1.807, 2.05) is 31.2 Å². The summed E-state index contributed by atoms with van der Waals surface area (Å²) in [4.78, 5) is 12.1. The van der Waals surface area contributed by atoms with Crippen LogP contribution in [0.15, 0.2) is 40.9 Å². The molecule has 110 valence electrons. The minimum atomic E-state index is -0.0965. The summed E-state index contributed by atoms with van der Waals surface area (Å²) in [5.74, 6) is -0.0965. The van der Waals surface area contributed by atoms with Gasteiger partial charge in [-0.3, -0.25) is 4.79 Å². The number of rotatable bonds is 4. The van der Waals surface area contributed by atoms with Crippen molar-refractivity contribution in [2.45, 2.75) is 13.3 Å². The minimum Gasteiger partial charge on any atom is -0.352 e. The van der Waals surface area contributed by atoms with E-state index in [4.69, 9.17) is 23.2 Å². The average molecular weight is 387 g/mol. The van der Waals surface area contributed by atoms with Gasteiger partial charge in [0.1, 0.15) is 0 Å². The summed E-state index contributed by atoms with van der Waals surface area (Å²) < 4.78 is 0.927. The molecule has 0 aliphatic rings. The molecule has 0 fully saturated rings. The first-order chi connectivity index (χ1) is 9.97. The van der Waals surface area contributed by atoms with Gasteiger partial charge in [0.15, 0.2) is 0 Å². The summed E-state index contributed by atoms with van der Waals surface area (Å²) in [6.07, 6.45) is 0.661. The highest BCUT2D eigenvalue weighted by Gasteiger charge is 2.07. The molecule has 0 bridgehead atoms. The normalized spacial score (nSPS) is 10.5. The lowest BCUT2D eigenvalue weighted by Crippen LogP contribution is -2.25. The molecule has 2 nitrogen and oxygen atoms in total. The molecule has 0 aliphatic heterocycles. The third-order valence-corrected chi connectivity index (χ3v) is 4.57. The number of benzene rings is 2. The molecule has 0 saturated heterocycles. The summed E-state index contributed by atoms with van der Waals surface area (Å²) in [7, 11) is 0. The fraction of sp³-hybridized carbons (Fsp3) is 0.188. The Morgan fingerprint density at radius 2 is 1.95 bits per heavy atom. The van der Waals surface area contributed by atoms with Gasteiger partial charge in [-0.2, -0.15) is 0 Å². The molecule has 0 heterocycles. The Hall–Kier alpha value is -1.03. The van der Waals surface area contributed by atoms with E-state index in [0.717, 1.165) is 15.6 Å². The van der Waals surface area contributed by atoms with E-state index >= 15 is 0 Å². The fourth-order valence-corrected chi connectivity index (χ4v) is 2.75. The van der Waals surface area contributed by atoms with Gasteiger partial charge in [0.25, 0.3) is 5.91 Å². The summed E-state index contributed by atoms with van der Waals surface area (Å²) in [6, 6.07) is 10.9. The molecule has 0 aromatic heterocycles. The lowest BCUT2D eigenvalue weighted by molar-refractivity contribution is 0.0954. The molecule has 0 spiro atoms. The van der Waals surface area contributed by atoms with Crippen LogP contribution in [0.1, 0.15) is 21.5 Å². The van der Waals surface area contributed by atoms with Crippen LogP contribution in [0.3, 0.4) is 0 Å². The van der Waals surface area contributed by atoms with Gasteiger partial charge in [0.2, 0.25) is 0 Å². The lowest BCUT2D eigenvalue weighted by Gasteiger charge is -2.08. The number of hydrogen-bond donors (Lipinski definition) is 1. The van der Waals surface area contributed by atoms with Crippen LogP contribution in [0, 0.1) is 6.92 Å². The highest BCUT2D eigenvalue weighted by molar-refractivity contribution is 9.10. The van der Waals surface area contributed by atoms with Gasteiger partial charge in [0.05, 0.1) is 0 Å². The van der Waals surface area contributed by atoms with Crippen molar-refractivity contribution in [1.29, 1.82) is 0 Å². The van der Waals surface area contributed by atoms with Gasteiger partial charge in [-0.1, -0.05) is 51.3 Å². The maximum atomic E-state index is 12.1. The topological polar surface area (TPSA) is 29.1 Å². The van der Waals surface area contributed by atoms with Crippen molar-refractivity contribution in [2.75, 3.05) is 6.54 Å². The van der Waals surface area contributed by atoms with E-state index in [1.54, 1.807) is 12.1 Å². The van der Waals surface area contributed by atoms with E-state index < -0.39 is 0 Å². The van der Waals surface area contributed by atoms with Crippen LogP contribution in [-0.2, 0) is 6.42 Å². The van der Waals surface area contributed by atoms with Crippen LogP contribution in [0.5, 0.6) is 0 Å². The van der Waals surface area contributed by atoms with Crippen LogP contribution in [0.4, 0.5) is 0 Å². The van der Waals surface area contributed by atoms with Crippen LogP contribution >= 0.6 is 39.1 Å². The van der Waals surface area contributed by atoms with Gasteiger partial charge >= 0.3 is 0 Å². The number of halogens is 3. The average Bonchev–Trinajstić information content (AvgIpc) is 2.44. The Balaban J connectivity index is 1.93. The largest absolute Gasteiger partial charge is 0.352 e. The number of amides is 1. The molecule has 2 aromatic rings. The zero-order chi connectivity index (χ0) is 15.4. The van der Waals surface area contributed by atoms with Crippen LogP contribution in [-0.4, -0.2) is 12.5 Å². The molecule has 0 aliphatic carbocycles. The second-order valence-electron chi connectivity index (χ2n) is 4.71. The van der Waals surface area contributed by atoms with Crippen LogP contribution in [0.2, 0.25) is 10.0 Å². The molecular weight excluding hydrogens is 373 g/mol. The Morgan fingerprint density at radius 3 is 2.62 bits per heavy atom. The number of nitrogens with one attached hydrogen (secondary N) is 1. The summed E-state index contributed by atoms with van der Waals surface area (Å²) in [5.41, 5.74) is 2.70. The Bertz CT molecular complexity index is 673. The first-order valence-corrected chi connectivity index (χ1v) is 8.00. The number of carbonyl (C=O) groups excluding carboxylic acids is 1. The highest BCUT2D eigenvalue weighted by Crippen LogP contribution is 2.21. The molecule has 0 saturated carbocycles. The number of aryl methyl sites for hydroxylation is 1. The van der Waals surface area contributed by atoms with E-state index in [-0.39, 0.29) is 5.91 Å².